The number of hydrogen-bond acceptors (Lipinski definition) is 0. The number of fused-ring (bicyclic) bond motifs is 2. The molecule has 30 heavy (non-hydrogen) atoms. The topological polar surface area (TPSA) is 0 Å². The molecule has 0 radical (unpaired) electrons. The molecule has 0 fully saturated rings. The summed E-state index contributed by atoms with van der Waals surface area (Å²) in [6.07, 6.45) is 6.85. The third-order valence-corrected chi connectivity index (χ3v) is 54.1. The molecule has 0 N–H and O–H groups in total. The van der Waals surface area contributed by atoms with Crippen LogP contribution in [0.2, 0.25) is 13.1 Å². The van der Waals surface area contributed by atoms with E-state index in [9.17, 15) is 0 Å². The molecule has 2 aromatic carbocycles. The summed E-state index contributed by atoms with van der Waals surface area (Å²) in [5.41, 5.74) is 10.1. The van der Waals surface area contributed by atoms with Gasteiger partial charge in [-0.1, -0.05) is 0 Å². The normalized spacial score (nSPS) is 20.6. The summed E-state index contributed by atoms with van der Waals surface area (Å²) in [5.74, 6) is 0. The summed E-state index contributed by atoms with van der Waals surface area (Å²) in [5, 5.41) is 0. The summed E-state index contributed by atoms with van der Waals surface area (Å²) < 4.78 is 0.426. The first kappa shape index (κ1) is 22.8. The average molecular weight is 535 g/mol. The van der Waals surface area contributed by atoms with Gasteiger partial charge in [-0.05, 0) is 0 Å². The molecule has 2 aromatic rings. The predicted molar refractivity (Wildman–Crippen MR) is 134 cm³/mol. The van der Waals surface area contributed by atoms with E-state index in [1.54, 1.807) is 0 Å². The van der Waals surface area contributed by atoms with Gasteiger partial charge in [-0.2, -0.15) is 0 Å². The van der Waals surface area contributed by atoms with Crippen LogP contribution < -0.4 is 0 Å². The Balaban J connectivity index is 2.08. The Morgan fingerprint density at radius 3 is 1.50 bits per heavy atom. The Morgan fingerprint density at radius 2 is 1.17 bits per heavy atom. The number of halogens is 2. The van der Waals surface area contributed by atoms with Crippen LogP contribution in [0.5, 0.6) is 0 Å². The van der Waals surface area contributed by atoms with Gasteiger partial charge in [-0.3, -0.25) is 0 Å². The minimum absolute atomic E-state index is 0.213. The molecule has 0 saturated carbocycles. The van der Waals surface area contributed by atoms with Crippen LogP contribution in [0.4, 0.5) is 0 Å². The third-order valence-electron chi connectivity index (χ3n) is 7.57. The van der Waals surface area contributed by atoms with Crippen molar-refractivity contribution in [3.05, 3.63) is 80.9 Å². The van der Waals surface area contributed by atoms with E-state index in [-0.39, 0.29) is 7.25 Å². The summed E-state index contributed by atoms with van der Waals surface area (Å²) in [6, 6.07) is 13.4. The zero-order chi connectivity index (χ0) is 21.9. The molecule has 4 heteroatoms. The molecular formula is C26H32Cl2SiZr. The van der Waals surface area contributed by atoms with E-state index in [4.69, 9.17) is 17.0 Å². The van der Waals surface area contributed by atoms with Gasteiger partial charge in [0, 0.05) is 0 Å². The molecule has 0 saturated heterocycles. The fourth-order valence-electron chi connectivity index (χ4n) is 5.85. The Labute approximate surface area is 190 Å². The summed E-state index contributed by atoms with van der Waals surface area (Å²) in [4.78, 5) is 0. The molecule has 0 bridgehead atoms. The third kappa shape index (κ3) is 3.08. The number of allylic oxidation sites excluding steroid dienone is 2. The number of rotatable bonds is 4. The van der Waals surface area contributed by atoms with Crippen molar-refractivity contribution in [2.75, 3.05) is 0 Å². The number of aryl methyl sites for hydroxylation is 2. The molecule has 0 heterocycles. The van der Waals surface area contributed by atoms with Crippen LogP contribution in [0.1, 0.15) is 67.3 Å². The molecular weight excluding hydrogens is 503 g/mol. The monoisotopic (exact) mass is 532 g/mol. The van der Waals surface area contributed by atoms with Crippen molar-refractivity contribution >= 4 is 34.6 Å². The fraction of sp³-hybridized carbons (Fsp3) is 0.385. The van der Waals surface area contributed by atoms with Crippen molar-refractivity contribution < 1.29 is 15.0 Å². The Bertz CT molecular complexity index is 1090. The van der Waals surface area contributed by atoms with Gasteiger partial charge in [-0.25, -0.2) is 0 Å². The second kappa shape index (κ2) is 7.87. The van der Waals surface area contributed by atoms with Crippen LogP contribution >= 0.6 is 17.0 Å². The van der Waals surface area contributed by atoms with Gasteiger partial charge in [0.25, 0.3) is 0 Å². The van der Waals surface area contributed by atoms with Crippen LogP contribution in [-0.4, -0.2) is 5.43 Å². The summed E-state index contributed by atoms with van der Waals surface area (Å²) in [6.45, 7) is 13.7. The van der Waals surface area contributed by atoms with Gasteiger partial charge in [-0.15, -0.1) is 0 Å². The maximum atomic E-state index is 8.19. The Kier molecular flexibility index (Phi) is 5.98. The maximum absolute atomic E-state index is 8.19. The molecule has 2 atom stereocenters. The Hall–Kier alpha value is -0.400. The van der Waals surface area contributed by atoms with Crippen LogP contribution in [-0.2, 0) is 15.0 Å². The van der Waals surface area contributed by atoms with E-state index in [2.05, 4.69) is 89.3 Å². The van der Waals surface area contributed by atoms with Crippen LogP contribution in [0.3, 0.4) is 0 Å². The van der Waals surface area contributed by atoms with E-state index in [0.29, 0.717) is 0 Å². The second-order valence-corrected chi connectivity index (χ2v) is 48.1. The second-order valence-electron chi connectivity index (χ2n) is 9.32. The fourth-order valence-corrected chi connectivity index (χ4v) is 35.3. The average Bonchev–Trinajstić information content (AvgIpc) is 3.29. The first-order chi connectivity index (χ1) is 14.1. The zero-order valence-electron chi connectivity index (χ0n) is 18.9. The molecule has 0 amide bonds. The molecule has 2 unspecified atom stereocenters. The van der Waals surface area contributed by atoms with E-state index in [0.717, 1.165) is 12.8 Å². The predicted octanol–water partition coefficient (Wildman–Crippen LogP) is 8.95. The van der Waals surface area contributed by atoms with Gasteiger partial charge in [0.15, 0.2) is 0 Å². The molecule has 2 aliphatic rings. The van der Waals surface area contributed by atoms with Crippen molar-refractivity contribution in [1.82, 2.24) is 0 Å². The van der Waals surface area contributed by atoms with Gasteiger partial charge in [0.05, 0.1) is 0 Å². The molecule has 0 aromatic heterocycles. The van der Waals surface area contributed by atoms with E-state index in [1.807, 2.05) is 0 Å². The number of benzene rings is 2. The standard InChI is InChI=1S/2C12H13.C2H6Si.2ClH.Zr/c2*1-3-10-7-11-6-4-5-9(2)12(11)8-10;1-3-2;;;/h2*4-8H,3H2,1-2H3;1-2H3;2*1H;/q;;;;;+2/p-2. The van der Waals surface area contributed by atoms with Gasteiger partial charge in [0.2, 0.25) is 0 Å². The van der Waals surface area contributed by atoms with Crippen LogP contribution in [0, 0.1) is 13.8 Å². The van der Waals surface area contributed by atoms with Crippen LogP contribution in [0.15, 0.2) is 47.5 Å². The van der Waals surface area contributed by atoms with Crippen LogP contribution in [0.25, 0.3) is 12.2 Å². The zero-order valence-corrected chi connectivity index (χ0v) is 23.9. The quantitative estimate of drug-likeness (QED) is 0.344. The number of hydrogen-bond donors (Lipinski definition) is 0. The van der Waals surface area contributed by atoms with Gasteiger partial charge in [0.1, 0.15) is 0 Å². The summed E-state index contributed by atoms with van der Waals surface area (Å²) in [7, 11) is 16.4. The molecule has 158 valence electrons. The van der Waals surface area contributed by atoms with Gasteiger partial charge >= 0.3 is 191 Å². The molecule has 2 aliphatic carbocycles. The molecule has 0 nitrogen and oxygen atoms in total. The van der Waals surface area contributed by atoms with Gasteiger partial charge < -0.3 is 0 Å². The van der Waals surface area contributed by atoms with Crippen molar-refractivity contribution in [1.29, 1.82) is 0 Å². The first-order valence-corrected chi connectivity index (χ1v) is 26.5. The molecule has 0 aliphatic heterocycles. The van der Waals surface area contributed by atoms with Crippen molar-refractivity contribution in [3.8, 4) is 0 Å². The SMILES string of the molecule is CCC1=Cc2c(C)cccc2[CH]1[Zr]([Cl])([Cl])([CH]1C(CC)=Cc2c(C)cccc21)=[Si](C)C. The molecule has 0 spiro atoms. The Morgan fingerprint density at radius 1 is 0.767 bits per heavy atom. The van der Waals surface area contributed by atoms with E-state index < -0.39 is 20.4 Å². The minimum atomic E-state index is -4.47. The van der Waals surface area contributed by atoms with Crippen molar-refractivity contribution in [2.45, 2.75) is 60.9 Å². The van der Waals surface area contributed by atoms with Crippen molar-refractivity contribution in [2.24, 2.45) is 0 Å². The summed E-state index contributed by atoms with van der Waals surface area (Å²) >= 11 is -4.47. The van der Waals surface area contributed by atoms with E-state index >= 15 is 0 Å². The first-order valence-electron chi connectivity index (χ1n) is 11.1. The van der Waals surface area contributed by atoms with Crippen molar-refractivity contribution in [3.63, 3.8) is 0 Å². The molecule has 4 rings (SSSR count). The van der Waals surface area contributed by atoms with E-state index in [1.165, 1.54) is 44.5 Å².